The van der Waals surface area contributed by atoms with Crippen LogP contribution in [0.3, 0.4) is 0 Å². The first-order valence-electron chi connectivity index (χ1n) is 8.33. The summed E-state index contributed by atoms with van der Waals surface area (Å²) in [6.07, 6.45) is 3.44. The lowest BCUT2D eigenvalue weighted by atomic mass is 10.2. The second kappa shape index (κ2) is 9.45. The number of aryl methyl sites for hydroxylation is 1. The molecule has 1 aromatic carbocycles. The van der Waals surface area contributed by atoms with Gasteiger partial charge in [-0.3, -0.25) is 4.79 Å². The number of hydrogen-bond donors (Lipinski definition) is 1. The normalized spacial score (nSPS) is 11.0. The van der Waals surface area contributed by atoms with Crippen molar-refractivity contribution in [3.8, 4) is 0 Å². The van der Waals surface area contributed by atoms with E-state index in [1.54, 1.807) is 6.20 Å². The molecule has 24 heavy (non-hydrogen) atoms. The SMILES string of the molecule is CCCn1ncc(NCCCN(C)Cc2ccccc2)c(Cl)c1=O. The molecule has 5 nitrogen and oxygen atoms in total. The zero-order chi connectivity index (χ0) is 17.4. The highest BCUT2D eigenvalue weighted by Gasteiger charge is 2.08. The minimum atomic E-state index is -0.232. The average molecular weight is 349 g/mol. The Balaban J connectivity index is 1.78. The Bertz CT molecular complexity index is 687. The van der Waals surface area contributed by atoms with Gasteiger partial charge in [0.25, 0.3) is 5.56 Å². The van der Waals surface area contributed by atoms with Crippen LogP contribution in [0.2, 0.25) is 5.02 Å². The van der Waals surface area contributed by atoms with Crippen LogP contribution < -0.4 is 10.9 Å². The molecule has 2 rings (SSSR count). The van der Waals surface area contributed by atoms with Crippen LogP contribution in [0.25, 0.3) is 0 Å². The number of nitrogens with zero attached hydrogens (tertiary/aromatic N) is 3. The van der Waals surface area contributed by atoms with Gasteiger partial charge in [0.15, 0.2) is 0 Å². The fraction of sp³-hybridized carbons (Fsp3) is 0.444. The number of benzene rings is 1. The van der Waals surface area contributed by atoms with Crippen LogP contribution in [0.5, 0.6) is 0 Å². The highest BCUT2D eigenvalue weighted by Crippen LogP contribution is 2.15. The molecule has 0 aliphatic carbocycles. The number of rotatable bonds is 9. The van der Waals surface area contributed by atoms with Crippen molar-refractivity contribution < 1.29 is 0 Å². The first kappa shape index (κ1) is 18.5. The second-order valence-electron chi connectivity index (χ2n) is 5.90. The molecule has 0 spiro atoms. The van der Waals surface area contributed by atoms with Crippen molar-refractivity contribution in [3.63, 3.8) is 0 Å². The topological polar surface area (TPSA) is 50.2 Å². The lowest BCUT2D eigenvalue weighted by Crippen LogP contribution is -2.25. The van der Waals surface area contributed by atoms with Gasteiger partial charge in [0.05, 0.1) is 11.9 Å². The predicted octanol–water partition coefficient (Wildman–Crippen LogP) is 3.24. The number of halogens is 1. The van der Waals surface area contributed by atoms with E-state index >= 15 is 0 Å². The van der Waals surface area contributed by atoms with Crippen molar-refractivity contribution in [1.29, 1.82) is 0 Å². The minimum Gasteiger partial charge on any atom is -0.382 e. The summed E-state index contributed by atoms with van der Waals surface area (Å²) in [4.78, 5) is 14.3. The molecule has 0 fully saturated rings. The van der Waals surface area contributed by atoms with Gasteiger partial charge in [0.2, 0.25) is 0 Å². The first-order chi connectivity index (χ1) is 11.6. The van der Waals surface area contributed by atoms with Crippen molar-refractivity contribution in [2.75, 3.05) is 25.5 Å². The van der Waals surface area contributed by atoms with E-state index in [1.807, 2.05) is 13.0 Å². The molecule has 0 unspecified atom stereocenters. The molecule has 0 amide bonds. The third kappa shape index (κ3) is 5.35. The van der Waals surface area contributed by atoms with E-state index in [2.05, 4.69) is 46.6 Å². The van der Waals surface area contributed by atoms with E-state index in [0.29, 0.717) is 12.2 Å². The summed E-state index contributed by atoms with van der Waals surface area (Å²) in [7, 11) is 2.10. The van der Waals surface area contributed by atoms with Gasteiger partial charge in [-0.25, -0.2) is 4.68 Å². The summed E-state index contributed by atoms with van der Waals surface area (Å²) in [5, 5.41) is 7.57. The maximum Gasteiger partial charge on any atom is 0.287 e. The fourth-order valence-corrected chi connectivity index (χ4v) is 2.72. The number of aromatic nitrogens is 2. The molecule has 1 N–H and O–H groups in total. The molecule has 0 radical (unpaired) electrons. The summed E-state index contributed by atoms with van der Waals surface area (Å²) < 4.78 is 1.40. The van der Waals surface area contributed by atoms with Gasteiger partial charge in [-0.1, -0.05) is 48.9 Å². The monoisotopic (exact) mass is 348 g/mol. The summed E-state index contributed by atoms with van der Waals surface area (Å²) in [6.45, 7) is 5.22. The Morgan fingerprint density at radius 2 is 2.04 bits per heavy atom. The van der Waals surface area contributed by atoms with Crippen molar-refractivity contribution in [3.05, 3.63) is 57.5 Å². The van der Waals surface area contributed by atoms with Gasteiger partial charge >= 0.3 is 0 Å². The predicted molar refractivity (Wildman–Crippen MR) is 99.7 cm³/mol. The number of nitrogens with one attached hydrogen (secondary N) is 1. The molecule has 0 saturated heterocycles. The molecule has 0 aliphatic heterocycles. The van der Waals surface area contributed by atoms with Crippen LogP contribution in [0.1, 0.15) is 25.3 Å². The summed E-state index contributed by atoms with van der Waals surface area (Å²) >= 11 is 6.14. The standard InChI is InChI=1S/C18H25ClN4O/c1-3-11-23-18(24)17(19)16(13-21-23)20-10-7-12-22(2)14-15-8-5-4-6-9-15/h4-6,8-9,13,20H,3,7,10-12,14H2,1-2H3. The van der Waals surface area contributed by atoms with Crippen LogP contribution in [-0.2, 0) is 13.1 Å². The average Bonchev–Trinajstić information content (AvgIpc) is 2.58. The van der Waals surface area contributed by atoms with Crippen molar-refractivity contribution in [2.45, 2.75) is 32.9 Å². The lowest BCUT2D eigenvalue weighted by molar-refractivity contribution is 0.325. The highest BCUT2D eigenvalue weighted by molar-refractivity contribution is 6.32. The second-order valence-corrected chi connectivity index (χ2v) is 6.28. The zero-order valence-electron chi connectivity index (χ0n) is 14.3. The largest absolute Gasteiger partial charge is 0.382 e. The summed E-state index contributed by atoms with van der Waals surface area (Å²) in [6, 6.07) is 10.4. The Hall–Kier alpha value is -1.85. The maximum absolute atomic E-state index is 12.0. The van der Waals surface area contributed by atoms with Crippen LogP contribution in [0, 0.1) is 0 Å². The Morgan fingerprint density at radius 1 is 1.29 bits per heavy atom. The van der Waals surface area contributed by atoms with Crippen molar-refractivity contribution in [2.24, 2.45) is 0 Å². The van der Waals surface area contributed by atoms with E-state index < -0.39 is 0 Å². The van der Waals surface area contributed by atoms with Crippen LogP contribution in [0.15, 0.2) is 41.3 Å². The van der Waals surface area contributed by atoms with Crippen molar-refractivity contribution in [1.82, 2.24) is 14.7 Å². The molecule has 0 bridgehead atoms. The van der Waals surface area contributed by atoms with Gasteiger partial charge in [-0.05, 0) is 32.0 Å². The van der Waals surface area contributed by atoms with E-state index in [4.69, 9.17) is 11.6 Å². The van der Waals surface area contributed by atoms with Gasteiger partial charge in [-0.2, -0.15) is 5.10 Å². The summed E-state index contributed by atoms with van der Waals surface area (Å²) in [5.74, 6) is 0. The maximum atomic E-state index is 12.0. The molecule has 1 aromatic heterocycles. The molecule has 1 heterocycles. The van der Waals surface area contributed by atoms with Crippen LogP contribution >= 0.6 is 11.6 Å². The Labute approximate surface area is 148 Å². The molecule has 0 aliphatic rings. The van der Waals surface area contributed by atoms with Gasteiger partial charge in [0, 0.05) is 19.6 Å². The number of hydrogen-bond acceptors (Lipinski definition) is 4. The third-order valence-electron chi connectivity index (χ3n) is 3.75. The Kier molecular flexibility index (Phi) is 7.28. The van der Waals surface area contributed by atoms with Crippen LogP contribution in [0.4, 0.5) is 5.69 Å². The van der Waals surface area contributed by atoms with E-state index in [-0.39, 0.29) is 10.6 Å². The first-order valence-corrected chi connectivity index (χ1v) is 8.71. The number of anilines is 1. The smallest absolute Gasteiger partial charge is 0.287 e. The third-order valence-corrected chi connectivity index (χ3v) is 4.11. The van der Waals surface area contributed by atoms with Gasteiger partial charge < -0.3 is 10.2 Å². The Morgan fingerprint density at radius 3 is 2.75 bits per heavy atom. The summed E-state index contributed by atoms with van der Waals surface area (Å²) in [5.41, 5.74) is 1.68. The highest BCUT2D eigenvalue weighted by atomic mass is 35.5. The molecule has 2 aromatic rings. The van der Waals surface area contributed by atoms with Gasteiger partial charge in [0.1, 0.15) is 5.02 Å². The quantitative estimate of drug-likeness (QED) is 0.707. The van der Waals surface area contributed by atoms with E-state index in [1.165, 1.54) is 10.2 Å². The van der Waals surface area contributed by atoms with E-state index in [9.17, 15) is 4.79 Å². The van der Waals surface area contributed by atoms with E-state index in [0.717, 1.165) is 32.5 Å². The molecule has 6 heteroatoms. The van der Waals surface area contributed by atoms with Crippen molar-refractivity contribution >= 4 is 17.3 Å². The molecule has 0 saturated carbocycles. The fourth-order valence-electron chi connectivity index (χ4n) is 2.51. The lowest BCUT2D eigenvalue weighted by Gasteiger charge is -2.17. The van der Waals surface area contributed by atoms with Gasteiger partial charge in [-0.15, -0.1) is 0 Å². The molecule has 0 atom stereocenters. The molecular weight excluding hydrogens is 324 g/mol. The molecular formula is C18H25ClN4O. The van der Waals surface area contributed by atoms with Crippen LogP contribution in [-0.4, -0.2) is 34.8 Å². The molecule has 130 valence electrons. The minimum absolute atomic E-state index is 0.219. The zero-order valence-corrected chi connectivity index (χ0v) is 15.1.